The zero-order valence-corrected chi connectivity index (χ0v) is 35.9. The SMILES string of the molecule is CC1CCCC(c2ccccc2N(c2ccccc2)c2ccc(-c3ccc(N(c4ccccc4)c4ccccc4C4(C(C)C)CCCC(C)C4)cc3)cc2)(C(C)C)C1. The van der Waals surface area contributed by atoms with Crippen LogP contribution in [0.1, 0.15) is 104 Å². The molecule has 2 fully saturated rings. The zero-order chi connectivity index (χ0) is 40.3. The Hall–Kier alpha value is -5.08. The summed E-state index contributed by atoms with van der Waals surface area (Å²) in [5, 5.41) is 0. The molecule has 2 aliphatic carbocycles. The summed E-state index contributed by atoms with van der Waals surface area (Å²) in [5.41, 5.74) is 13.1. The van der Waals surface area contributed by atoms with E-state index in [0.717, 1.165) is 11.8 Å². The Kier molecular flexibility index (Phi) is 11.7. The highest BCUT2D eigenvalue weighted by molar-refractivity contribution is 5.83. The largest absolute Gasteiger partial charge is 0.310 e. The van der Waals surface area contributed by atoms with E-state index in [1.165, 1.54) is 108 Å². The van der Waals surface area contributed by atoms with Gasteiger partial charge in [0.1, 0.15) is 0 Å². The van der Waals surface area contributed by atoms with Crippen LogP contribution in [0.25, 0.3) is 11.1 Å². The van der Waals surface area contributed by atoms with Crippen molar-refractivity contribution in [1.82, 2.24) is 0 Å². The highest BCUT2D eigenvalue weighted by atomic mass is 15.2. The first-order valence-corrected chi connectivity index (χ1v) is 22.3. The van der Waals surface area contributed by atoms with E-state index < -0.39 is 0 Å². The van der Waals surface area contributed by atoms with Crippen molar-refractivity contribution in [2.45, 2.75) is 104 Å². The van der Waals surface area contributed by atoms with Crippen molar-refractivity contribution in [2.24, 2.45) is 23.7 Å². The summed E-state index contributed by atoms with van der Waals surface area (Å²) in [7, 11) is 0. The Morgan fingerprint density at radius 2 is 0.741 bits per heavy atom. The predicted octanol–water partition coefficient (Wildman–Crippen LogP) is 16.5. The van der Waals surface area contributed by atoms with E-state index in [9.17, 15) is 0 Å². The third-order valence-electron chi connectivity index (χ3n) is 14.3. The van der Waals surface area contributed by atoms with Crippen LogP contribution >= 0.6 is 0 Å². The summed E-state index contributed by atoms with van der Waals surface area (Å²) in [5.74, 6) is 2.56. The van der Waals surface area contributed by atoms with Crippen LogP contribution in [0.4, 0.5) is 34.1 Å². The van der Waals surface area contributed by atoms with Crippen molar-refractivity contribution < 1.29 is 0 Å². The average Bonchev–Trinajstić information content (AvgIpc) is 3.25. The minimum absolute atomic E-state index is 0.154. The fraction of sp³-hybridized carbons (Fsp3) is 0.357. The van der Waals surface area contributed by atoms with Crippen LogP contribution in [0.15, 0.2) is 158 Å². The number of rotatable bonds is 11. The highest BCUT2D eigenvalue weighted by Gasteiger charge is 2.43. The molecule has 0 radical (unpaired) electrons. The first-order valence-electron chi connectivity index (χ1n) is 22.3. The zero-order valence-electron chi connectivity index (χ0n) is 35.9. The molecule has 0 amide bonds. The van der Waals surface area contributed by atoms with E-state index in [-0.39, 0.29) is 10.8 Å². The van der Waals surface area contributed by atoms with E-state index in [1.807, 2.05) is 0 Å². The van der Waals surface area contributed by atoms with Gasteiger partial charge in [0, 0.05) is 34.1 Å². The maximum absolute atomic E-state index is 2.50. The van der Waals surface area contributed by atoms with Gasteiger partial charge in [-0.2, -0.15) is 0 Å². The Balaban J connectivity index is 1.16. The molecule has 2 heteroatoms. The molecule has 2 nitrogen and oxygen atoms in total. The maximum atomic E-state index is 2.50. The van der Waals surface area contributed by atoms with Crippen LogP contribution in [-0.4, -0.2) is 0 Å². The smallest absolute Gasteiger partial charge is 0.0499 e. The molecule has 4 atom stereocenters. The van der Waals surface area contributed by atoms with Crippen LogP contribution < -0.4 is 9.80 Å². The number of para-hydroxylation sites is 4. The second-order valence-electron chi connectivity index (χ2n) is 18.5. The van der Waals surface area contributed by atoms with Gasteiger partial charge in [-0.1, -0.05) is 164 Å². The molecular weight excluding hydrogens is 701 g/mol. The number of hydrogen-bond acceptors (Lipinski definition) is 2. The van der Waals surface area contributed by atoms with Gasteiger partial charge in [-0.05, 0) is 143 Å². The Bertz CT molecular complexity index is 2080. The van der Waals surface area contributed by atoms with Gasteiger partial charge < -0.3 is 9.80 Å². The minimum atomic E-state index is 0.154. The molecule has 0 bridgehead atoms. The van der Waals surface area contributed by atoms with Crippen molar-refractivity contribution >= 4 is 34.1 Å². The third kappa shape index (κ3) is 7.63. The molecule has 6 aromatic rings. The maximum Gasteiger partial charge on any atom is 0.0499 e. The fourth-order valence-corrected chi connectivity index (χ4v) is 11.1. The molecule has 0 saturated heterocycles. The quantitative estimate of drug-likeness (QED) is 0.130. The molecule has 0 heterocycles. The summed E-state index contributed by atoms with van der Waals surface area (Å²) in [6.45, 7) is 14.7. The lowest BCUT2D eigenvalue weighted by Crippen LogP contribution is -2.38. The van der Waals surface area contributed by atoms with E-state index >= 15 is 0 Å². The van der Waals surface area contributed by atoms with Gasteiger partial charge in [-0.25, -0.2) is 0 Å². The van der Waals surface area contributed by atoms with Gasteiger partial charge in [0.25, 0.3) is 0 Å². The van der Waals surface area contributed by atoms with Crippen molar-refractivity contribution in [2.75, 3.05) is 9.80 Å². The number of nitrogens with zero attached hydrogens (tertiary/aromatic N) is 2. The van der Waals surface area contributed by atoms with Gasteiger partial charge >= 0.3 is 0 Å². The van der Waals surface area contributed by atoms with E-state index in [0.29, 0.717) is 11.8 Å². The van der Waals surface area contributed by atoms with Gasteiger partial charge in [0.05, 0.1) is 0 Å². The molecule has 2 saturated carbocycles. The fourth-order valence-electron chi connectivity index (χ4n) is 11.1. The standard InChI is InChI=1S/C56H64N2/c1-41(2)55(37-17-19-43(5)39-55)51-25-13-15-27-53(51)57(47-21-9-7-10-22-47)49-33-29-45(30-34-49)46-31-35-50(36-32-46)58(48-23-11-8-12-24-48)54-28-16-14-26-52(54)56(42(3)4)38-18-20-44(6)40-56/h7-16,21-36,41-44H,17-20,37-40H2,1-6H3. The van der Waals surface area contributed by atoms with E-state index in [4.69, 9.17) is 0 Å². The summed E-state index contributed by atoms with van der Waals surface area (Å²) in [4.78, 5) is 5.00. The van der Waals surface area contributed by atoms with Crippen LogP contribution in [0.5, 0.6) is 0 Å². The lowest BCUT2D eigenvalue weighted by Gasteiger charge is -2.46. The average molecular weight is 765 g/mol. The van der Waals surface area contributed by atoms with Crippen molar-refractivity contribution in [3.8, 4) is 11.1 Å². The molecule has 4 unspecified atom stereocenters. The summed E-state index contributed by atoms with van der Waals surface area (Å²) in [6, 6.07) is 59.0. The first-order chi connectivity index (χ1) is 28.2. The molecule has 58 heavy (non-hydrogen) atoms. The van der Waals surface area contributed by atoms with E-state index in [2.05, 4.69) is 209 Å². The molecule has 0 N–H and O–H groups in total. The predicted molar refractivity (Wildman–Crippen MR) is 250 cm³/mol. The monoisotopic (exact) mass is 765 g/mol. The Morgan fingerprint density at radius 1 is 0.414 bits per heavy atom. The topological polar surface area (TPSA) is 6.48 Å². The molecule has 298 valence electrons. The molecule has 0 aliphatic heterocycles. The van der Waals surface area contributed by atoms with Crippen LogP contribution in [0, 0.1) is 23.7 Å². The lowest BCUT2D eigenvalue weighted by molar-refractivity contribution is 0.174. The number of anilines is 6. The molecular formula is C56H64N2. The van der Waals surface area contributed by atoms with Gasteiger partial charge in [0.15, 0.2) is 0 Å². The second kappa shape index (κ2) is 17.0. The Labute approximate surface area is 350 Å². The first kappa shape index (κ1) is 39.7. The van der Waals surface area contributed by atoms with Gasteiger partial charge in [-0.15, -0.1) is 0 Å². The molecule has 6 aromatic carbocycles. The highest BCUT2D eigenvalue weighted by Crippen LogP contribution is 2.53. The summed E-state index contributed by atoms with van der Waals surface area (Å²) < 4.78 is 0. The van der Waals surface area contributed by atoms with Crippen molar-refractivity contribution in [1.29, 1.82) is 0 Å². The summed E-state index contributed by atoms with van der Waals surface area (Å²) >= 11 is 0. The van der Waals surface area contributed by atoms with Crippen LogP contribution in [0.2, 0.25) is 0 Å². The number of hydrogen-bond donors (Lipinski definition) is 0. The van der Waals surface area contributed by atoms with Crippen LogP contribution in [0.3, 0.4) is 0 Å². The minimum Gasteiger partial charge on any atom is -0.310 e. The van der Waals surface area contributed by atoms with E-state index in [1.54, 1.807) is 0 Å². The van der Waals surface area contributed by atoms with Gasteiger partial charge in [0.2, 0.25) is 0 Å². The lowest BCUT2D eigenvalue weighted by atomic mass is 9.60. The normalized spacial score (nSPS) is 22.2. The van der Waals surface area contributed by atoms with Gasteiger partial charge in [-0.3, -0.25) is 0 Å². The molecule has 0 aromatic heterocycles. The molecule has 8 rings (SSSR count). The van der Waals surface area contributed by atoms with Crippen molar-refractivity contribution in [3.63, 3.8) is 0 Å². The van der Waals surface area contributed by atoms with Crippen molar-refractivity contribution in [3.05, 3.63) is 169 Å². The second-order valence-corrected chi connectivity index (χ2v) is 18.5. The Morgan fingerprint density at radius 3 is 1.09 bits per heavy atom. The third-order valence-corrected chi connectivity index (χ3v) is 14.3. The molecule has 0 spiro atoms. The number of benzene rings is 6. The van der Waals surface area contributed by atoms with Crippen LogP contribution in [-0.2, 0) is 10.8 Å². The summed E-state index contributed by atoms with van der Waals surface area (Å²) in [6.07, 6.45) is 10.2. The molecule has 2 aliphatic rings.